The quantitative estimate of drug-likeness (QED) is 0.661. The van der Waals surface area contributed by atoms with E-state index < -0.39 is 6.36 Å². The van der Waals surface area contributed by atoms with Crippen LogP contribution in [-0.2, 0) is 4.74 Å². The number of ether oxygens (including phenoxy) is 2. The summed E-state index contributed by atoms with van der Waals surface area (Å²) in [5, 5.41) is 2.69. The van der Waals surface area contributed by atoms with Gasteiger partial charge in [0.25, 0.3) is 0 Å². The Morgan fingerprint density at radius 3 is 2.87 bits per heavy atom. The highest BCUT2D eigenvalue weighted by molar-refractivity contribution is 5.93. The van der Waals surface area contributed by atoms with Crippen LogP contribution in [0.4, 0.5) is 18.9 Å². The number of hydrogen-bond acceptors (Lipinski definition) is 3. The molecule has 5 nitrogen and oxygen atoms in total. The lowest BCUT2D eigenvalue weighted by Crippen LogP contribution is -2.49. The molecule has 0 amide bonds. The maximum Gasteiger partial charge on any atom is 0.573 e. The molecule has 0 spiro atoms. The lowest BCUT2D eigenvalue weighted by molar-refractivity contribution is -0.274. The minimum atomic E-state index is -4.76. The van der Waals surface area contributed by atoms with E-state index in [2.05, 4.69) is 15.0 Å². The third kappa shape index (κ3) is 3.87. The van der Waals surface area contributed by atoms with Crippen LogP contribution in [0, 0.1) is 5.92 Å². The molecule has 2 fully saturated rings. The first-order valence-electron chi connectivity index (χ1n) is 7.49. The number of guanidine groups is 1. The molecule has 1 saturated carbocycles. The summed E-state index contributed by atoms with van der Waals surface area (Å²) >= 11 is 0. The van der Waals surface area contributed by atoms with Gasteiger partial charge >= 0.3 is 6.36 Å². The highest BCUT2D eigenvalue weighted by Crippen LogP contribution is 2.40. The summed E-state index contributed by atoms with van der Waals surface area (Å²) in [5.41, 5.74) is 5.96. The van der Waals surface area contributed by atoms with Crippen molar-refractivity contribution in [3.8, 4) is 5.75 Å². The zero-order valence-corrected chi connectivity index (χ0v) is 12.3. The molecule has 1 heterocycles. The van der Waals surface area contributed by atoms with Crippen molar-refractivity contribution < 1.29 is 22.6 Å². The molecule has 1 aromatic carbocycles. The highest BCUT2D eigenvalue weighted by Gasteiger charge is 2.43. The Morgan fingerprint density at radius 1 is 1.35 bits per heavy atom. The predicted octanol–water partition coefficient (Wildman–Crippen LogP) is 2.88. The standard InChI is InChI=1S/C15H18F3N3O2/c16-15(17,18)23-12-6-2-1-5-10(12)20-14(19)21-11-8-13-9(11)4-3-7-22-13/h1-2,5-6,9,11,13H,3-4,7-8H2,(H3,19,20,21). The van der Waals surface area contributed by atoms with Gasteiger partial charge in [-0.05, 0) is 31.4 Å². The zero-order valence-electron chi connectivity index (χ0n) is 12.3. The van der Waals surface area contributed by atoms with Crippen LogP contribution in [0.1, 0.15) is 19.3 Å². The Hall–Kier alpha value is -1.96. The summed E-state index contributed by atoms with van der Waals surface area (Å²) in [6.45, 7) is 0.785. The van der Waals surface area contributed by atoms with Gasteiger partial charge < -0.3 is 20.5 Å². The van der Waals surface area contributed by atoms with Gasteiger partial charge in [-0.15, -0.1) is 13.2 Å². The van der Waals surface area contributed by atoms with Crippen LogP contribution in [0.3, 0.4) is 0 Å². The topological polar surface area (TPSA) is 68.9 Å². The first-order chi connectivity index (χ1) is 10.9. The Balaban J connectivity index is 1.66. The van der Waals surface area contributed by atoms with Gasteiger partial charge in [-0.3, -0.25) is 0 Å². The van der Waals surface area contributed by atoms with Crippen LogP contribution in [-0.4, -0.2) is 31.1 Å². The fourth-order valence-corrected chi connectivity index (χ4v) is 3.04. The van der Waals surface area contributed by atoms with Crippen molar-refractivity contribution in [1.29, 1.82) is 0 Å². The maximum atomic E-state index is 12.4. The molecule has 0 radical (unpaired) electrons. The van der Waals surface area contributed by atoms with Crippen LogP contribution in [0.25, 0.3) is 0 Å². The van der Waals surface area contributed by atoms with E-state index in [-0.39, 0.29) is 29.5 Å². The second-order valence-corrected chi connectivity index (χ2v) is 5.70. The number of fused-ring (bicyclic) bond motifs is 1. The van der Waals surface area contributed by atoms with E-state index in [1.807, 2.05) is 0 Å². The Labute approximate surface area is 131 Å². The molecule has 0 bridgehead atoms. The molecule has 8 heteroatoms. The van der Waals surface area contributed by atoms with Gasteiger partial charge in [-0.2, -0.15) is 0 Å². The van der Waals surface area contributed by atoms with E-state index >= 15 is 0 Å². The summed E-state index contributed by atoms with van der Waals surface area (Å²) in [6, 6.07) is 5.78. The summed E-state index contributed by atoms with van der Waals surface area (Å²) < 4.78 is 46.8. The second kappa shape index (κ2) is 6.27. The summed E-state index contributed by atoms with van der Waals surface area (Å²) in [5.74, 6) is 0.0913. The van der Waals surface area contributed by atoms with Crippen LogP contribution in [0.15, 0.2) is 29.3 Å². The molecule has 1 aliphatic heterocycles. The van der Waals surface area contributed by atoms with Gasteiger partial charge in [0.1, 0.15) is 0 Å². The Morgan fingerprint density at radius 2 is 2.13 bits per heavy atom. The average Bonchev–Trinajstić information content (AvgIpc) is 2.45. The largest absolute Gasteiger partial charge is 0.573 e. The molecule has 2 aliphatic rings. The monoisotopic (exact) mass is 329 g/mol. The van der Waals surface area contributed by atoms with Gasteiger partial charge in [0, 0.05) is 12.5 Å². The number of halogens is 3. The normalized spacial score (nSPS) is 27.8. The first kappa shape index (κ1) is 15.9. The van der Waals surface area contributed by atoms with Crippen LogP contribution >= 0.6 is 0 Å². The number of rotatable bonds is 3. The van der Waals surface area contributed by atoms with Gasteiger partial charge in [0.15, 0.2) is 11.7 Å². The fourth-order valence-electron chi connectivity index (χ4n) is 3.04. The number of nitrogens with zero attached hydrogens (tertiary/aromatic N) is 1. The molecule has 3 atom stereocenters. The lowest BCUT2D eigenvalue weighted by atomic mass is 9.73. The van der Waals surface area contributed by atoms with Crippen molar-refractivity contribution in [2.45, 2.75) is 37.8 Å². The van der Waals surface area contributed by atoms with Crippen molar-refractivity contribution in [2.75, 3.05) is 11.9 Å². The molecule has 3 unspecified atom stereocenters. The summed E-state index contributed by atoms with van der Waals surface area (Å²) in [6.07, 6.45) is -1.67. The van der Waals surface area contributed by atoms with Crippen molar-refractivity contribution >= 4 is 11.6 Å². The van der Waals surface area contributed by atoms with Crippen molar-refractivity contribution in [3.63, 3.8) is 0 Å². The van der Waals surface area contributed by atoms with Gasteiger partial charge in [-0.1, -0.05) is 12.1 Å². The molecule has 126 valence electrons. The molecular weight excluding hydrogens is 311 g/mol. The number of aliphatic imine (C=N–C) groups is 1. The number of hydrogen-bond donors (Lipinski definition) is 2. The molecule has 3 rings (SSSR count). The fraction of sp³-hybridized carbons (Fsp3) is 0.533. The molecule has 1 aliphatic carbocycles. The summed E-state index contributed by atoms with van der Waals surface area (Å²) in [7, 11) is 0. The van der Waals surface area contributed by atoms with Gasteiger partial charge in [-0.25, -0.2) is 4.99 Å². The second-order valence-electron chi connectivity index (χ2n) is 5.70. The predicted molar refractivity (Wildman–Crippen MR) is 79.2 cm³/mol. The van der Waals surface area contributed by atoms with Crippen molar-refractivity contribution in [1.82, 2.24) is 0 Å². The van der Waals surface area contributed by atoms with E-state index in [0.717, 1.165) is 25.9 Å². The van der Waals surface area contributed by atoms with E-state index in [9.17, 15) is 13.2 Å². The van der Waals surface area contributed by atoms with Crippen molar-refractivity contribution in [2.24, 2.45) is 16.6 Å². The SMILES string of the molecule is NC(=NC1CC2OCCCC12)Nc1ccccc1OC(F)(F)F. The maximum absolute atomic E-state index is 12.4. The van der Waals surface area contributed by atoms with Crippen molar-refractivity contribution in [3.05, 3.63) is 24.3 Å². The van der Waals surface area contributed by atoms with E-state index in [1.165, 1.54) is 18.2 Å². The molecule has 0 aromatic heterocycles. The molecule has 3 N–H and O–H groups in total. The molecule has 1 aromatic rings. The first-order valence-corrected chi connectivity index (χ1v) is 7.49. The molecule has 1 saturated heterocycles. The van der Waals surface area contributed by atoms with E-state index in [1.54, 1.807) is 6.07 Å². The van der Waals surface area contributed by atoms with Gasteiger partial charge in [0.2, 0.25) is 0 Å². The Bertz CT molecular complexity index is 592. The number of nitrogens with two attached hydrogens (primary N) is 1. The smallest absolute Gasteiger partial charge is 0.404 e. The van der Waals surface area contributed by atoms with Crippen LogP contribution in [0.2, 0.25) is 0 Å². The third-order valence-electron chi connectivity index (χ3n) is 4.14. The number of nitrogens with one attached hydrogen (secondary N) is 1. The zero-order chi connectivity index (χ0) is 16.4. The van der Waals surface area contributed by atoms with Crippen LogP contribution in [0.5, 0.6) is 5.75 Å². The number of para-hydroxylation sites is 2. The number of alkyl halides is 3. The van der Waals surface area contributed by atoms with E-state index in [0.29, 0.717) is 5.92 Å². The highest BCUT2D eigenvalue weighted by atomic mass is 19.4. The average molecular weight is 329 g/mol. The van der Waals surface area contributed by atoms with Crippen LogP contribution < -0.4 is 15.8 Å². The van der Waals surface area contributed by atoms with Gasteiger partial charge in [0.05, 0.1) is 17.8 Å². The summed E-state index contributed by atoms with van der Waals surface area (Å²) in [4.78, 5) is 4.37. The minimum absolute atomic E-state index is 0.0588. The molecular formula is C15H18F3N3O2. The Kier molecular flexibility index (Phi) is 4.34. The number of benzene rings is 1. The third-order valence-corrected chi connectivity index (χ3v) is 4.14. The molecule has 23 heavy (non-hydrogen) atoms. The number of anilines is 1. The minimum Gasteiger partial charge on any atom is -0.404 e. The van der Waals surface area contributed by atoms with E-state index in [4.69, 9.17) is 10.5 Å². The lowest BCUT2D eigenvalue weighted by Gasteiger charge is -2.45.